The molecule has 26 heteroatoms. The van der Waals surface area contributed by atoms with Crippen LogP contribution in [0.3, 0.4) is 0 Å². The van der Waals surface area contributed by atoms with Crippen molar-refractivity contribution in [1.82, 2.24) is 21.3 Å². The van der Waals surface area contributed by atoms with Crippen molar-refractivity contribution in [2.75, 3.05) is 65.9 Å². The molecule has 100 heavy (non-hydrogen) atoms. The van der Waals surface area contributed by atoms with Crippen molar-refractivity contribution in [1.29, 1.82) is 0 Å². The summed E-state index contributed by atoms with van der Waals surface area (Å²) in [5.41, 5.74) is 0. The van der Waals surface area contributed by atoms with E-state index in [2.05, 4.69) is 68.0 Å². The van der Waals surface area contributed by atoms with Crippen molar-refractivity contribution in [2.24, 2.45) is 0 Å². The smallest absolute Gasteiger partial charge is 0.756 e. The van der Waals surface area contributed by atoms with Crippen LogP contribution in [0.1, 0.15) is 330 Å². The summed E-state index contributed by atoms with van der Waals surface area (Å²) in [5.74, 6) is -3.22. The van der Waals surface area contributed by atoms with Crippen LogP contribution in [-0.4, -0.2) is 137 Å². The molecule has 0 aliphatic rings. The van der Waals surface area contributed by atoms with Gasteiger partial charge in [0.05, 0.1) is 77.3 Å². The molecule has 0 saturated heterocycles. The first-order chi connectivity index (χ1) is 47.8. The van der Waals surface area contributed by atoms with Crippen LogP contribution in [-0.2, 0) is 75.0 Å². The number of allylic oxidation sites excluding steroid dienone is 2. The standard InChI is InChI=1S/C74H140N4O19P2.Na/c1-6-11-16-21-24-27-30-35-39-44-67(80)58-72(84)77-64(60-91-54-50-66(79)43-38-33-19-14-9-4)62-95-98(87,88)93-56-52-75-70(82)48-49-71(83)76-53-57-94-99(89,90)96-63-65(78-73(85)59-68(81)45-40-36-31-28-25-22-17-12-7-2)61-92-55-51-69(46-41-34-20-15-10-5)97-74(86)47-42-37-32-29-26-23-18-13-8-3;/h29,32,64-66,69,79H,6-28,30-31,33-63H2,1-5H3,(H,75,82)(H,76,83)(H,77,84)(H,78,85)(H,87,88)(H,89,90);/q;+1/p-2/b32-29+;. The summed E-state index contributed by atoms with van der Waals surface area (Å²) in [7, 11) is -10.0. The van der Waals surface area contributed by atoms with Crippen molar-refractivity contribution < 1.29 is 119 Å². The van der Waals surface area contributed by atoms with E-state index in [1.807, 2.05) is 0 Å². The second-order valence-electron chi connectivity index (χ2n) is 26.6. The number of esters is 1. The topological polar surface area (TPSA) is 333 Å². The average molecular weight is 1470 g/mol. The van der Waals surface area contributed by atoms with Gasteiger partial charge in [0.15, 0.2) is 0 Å². The first-order valence-corrected chi connectivity index (χ1v) is 41.7. The zero-order chi connectivity index (χ0) is 73.1. The van der Waals surface area contributed by atoms with E-state index in [1.165, 1.54) is 77.0 Å². The number of phosphoric ester groups is 2. The summed E-state index contributed by atoms with van der Waals surface area (Å²) >= 11 is 0. The summed E-state index contributed by atoms with van der Waals surface area (Å²) in [6, 6.07) is -2.00. The second kappa shape index (κ2) is 70.8. The monoisotopic (exact) mass is 1470 g/mol. The zero-order valence-corrected chi connectivity index (χ0v) is 67.0. The molecule has 6 atom stereocenters. The molecule has 0 aliphatic heterocycles. The van der Waals surface area contributed by atoms with E-state index < -0.39 is 96.4 Å². The van der Waals surface area contributed by atoms with Gasteiger partial charge in [0, 0.05) is 58.2 Å². The predicted octanol–water partition coefficient (Wildman–Crippen LogP) is 11.2. The molecule has 580 valence electrons. The van der Waals surface area contributed by atoms with Gasteiger partial charge in [0.25, 0.3) is 15.6 Å². The van der Waals surface area contributed by atoms with E-state index in [0.29, 0.717) is 51.4 Å². The number of carbonyl (C=O) groups excluding carboxylic acids is 7. The number of ketones is 2. The van der Waals surface area contributed by atoms with Gasteiger partial charge in [-0.25, -0.2) is 0 Å². The Labute approximate surface area is 626 Å². The van der Waals surface area contributed by atoms with Crippen LogP contribution in [0.15, 0.2) is 12.2 Å². The molecule has 0 rings (SSSR count). The largest absolute Gasteiger partial charge is 1.00 e. The Balaban J connectivity index is 0. The summed E-state index contributed by atoms with van der Waals surface area (Å²) < 4.78 is 63.5. The Morgan fingerprint density at radius 1 is 0.390 bits per heavy atom. The molecule has 0 aromatic carbocycles. The van der Waals surface area contributed by atoms with Gasteiger partial charge in [0.1, 0.15) is 17.7 Å². The van der Waals surface area contributed by atoms with Crippen LogP contribution in [0.25, 0.3) is 0 Å². The third-order valence-electron chi connectivity index (χ3n) is 16.9. The number of unbranched alkanes of at least 4 members (excludes halogenated alkanes) is 29. The Morgan fingerprint density at radius 2 is 0.750 bits per heavy atom. The van der Waals surface area contributed by atoms with Crippen molar-refractivity contribution in [2.45, 2.75) is 354 Å². The molecular weight excluding hydrogens is 1330 g/mol. The molecule has 0 spiro atoms. The number of nitrogens with one attached hydrogen (secondary N) is 4. The Hall–Kier alpha value is -2.47. The number of aliphatic hydroxyl groups is 1. The van der Waals surface area contributed by atoms with E-state index in [0.717, 1.165) is 128 Å². The van der Waals surface area contributed by atoms with E-state index >= 15 is 0 Å². The van der Waals surface area contributed by atoms with Gasteiger partial charge in [-0.3, -0.25) is 42.7 Å². The number of aliphatic hydroxyl groups excluding tert-OH is 1. The number of hydrogen-bond acceptors (Lipinski definition) is 19. The zero-order valence-electron chi connectivity index (χ0n) is 63.3. The van der Waals surface area contributed by atoms with Gasteiger partial charge < -0.3 is 68.5 Å². The fraction of sp³-hybridized carbons (Fsp3) is 0.878. The van der Waals surface area contributed by atoms with Crippen LogP contribution >= 0.6 is 15.6 Å². The van der Waals surface area contributed by atoms with E-state index in [4.69, 9.17) is 32.3 Å². The molecule has 0 aliphatic carbocycles. The average Bonchev–Trinajstić information content (AvgIpc) is 0.932. The van der Waals surface area contributed by atoms with E-state index in [1.54, 1.807) is 0 Å². The van der Waals surface area contributed by atoms with Crippen LogP contribution in [0.5, 0.6) is 0 Å². The third-order valence-corrected chi connectivity index (χ3v) is 18.8. The SMILES string of the molecule is CCCCCC/C=C/CCCC(=O)OC(CCCCCCC)CCOCC(COP(=O)([O-])OCCNC(=O)CCC(=O)NCCOP(=O)([O-])OCC(COCCC(O)CCCCCCC)NC(=O)CC(=O)CCCCCCCCCCC)NC(=O)CC(=O)CCCCCCCCCCC.[Na+]. The van der Waals surface area contributed by atoms with Gasteiger partial charge in [-0.15, -0.1) is 0 Å². The maximum absolute atomic E-state index is 13.2. The molecule has 0 aromatic heterocycles. The quantitative estimate of drug-likeness (QED) is 0.00943. The third kappa shape index (κ3) is 68.6. The van der Waals surface area contributed by atoms with E-state index in [-0.39, 0.29) is 119 Å². The minimum atomic E-state index is -5.03. The minimum absolute atomic E-state index is 0. The van der Waals surface area contributed by atoms with Crippen molar-refractivity contribution in [3.05, 3.63) is 12.2 Å². The van der Waals surface area contributed by atoms with Crippen LogP contribution < -0.4 is 60.6 Å². The first-order valence-electron chi connectivity index (χ1n) is 38.8. The predicted molar refractivity (Wildman–Crippen MR) is 386 cm³/mol. The van der Waals surface area contributed by atoms with Gasteiger partial charge in [-0.2, -0.15) is 0 Å². The van der Waals surface area contributed by atoms with Crippen LogP contribution in [0.2, 0.25) is 0 Å². The molecule has 0 bridgehead atoms. The Kier molecular flexibility index (Phi) is 70.5. The molecule has 6 unspecified atom stereocenters. The fourth-order valence-corrected chi connectivity index (χ4v) is 12.4. The van der Waals surface area contributed by atoms with Gasteiger partial charge in [-0.05, 0) is 64.2 Å². The van der Waals surface area contributed by atoms with Gasteiger partial charge in [-0.1, -0.05) is 227 Å². The number of Topliss-reactive ketones (excluding diaryl/α,β-unsaturated/α-hetero) is 2. The van der Waals surface area contributed by atoms with Crippen molar-refractivity contribution in [3.8, 4) is 0 Å². The number of phosphoric acid groups is 2. The number of amides is 4. The summed E-state index contributed by atoms with van der Waals surface area (Å²) in [6.07, 6.45) is 41.9. The molecule has 0 fully saturated rings. The summed E-state index contributed by atoms with van der Waals surface area (Å²) in [6.45, 7) is 7.92. The molecule has 4 amide bonds. The Morgan fingerprint density at radius 3 is 1.17 bits per heavy atom. The molecule has 0 heterocycles. The first kappa shape index (κ1) is 99.6. The molecule has 0 saturated carbocycles. The Bertz CT molecular complexity index is 2170. The van der Waals surface area contributed by atoms with Crippen molar-refractivity contribution in [3.63, 3.8) is 0 Å². The van der Waals surface area contributed by atoms with E-state index in [9.17, 15) is 57.6 Å². The molecular formula is C74H138N4NaO19P2-. The molecule has 0 aromatic rings. The van der Waals surface area contributed by atoms with Crippen LogP contribution in [0.4, 0.5) is 0 Å². The van der Waals surface area contributed by atoms with Crippen molar-refractivity contribution >= 4 is 56.8 Å². The number of rotatable bonds is 75. The molecule has 0 radical (unpaired) electrons. The van der Waals surface area contributed by atoms with Gasteiger partial charge >= 0.3 is 35.5 Å². The second-order valence-corrected chi connectivity index (χ2v) is 29.4. The molecule has 23 nitrogen and oxygen atoms in total. The number of hydrogen-bond donors (Lipinski definition) is 5. The number of ether oxygens (including phenoxy) is 3. The maximum Gasteiger partial charge on any atom is 1.00 e. The summed E-state index contributed by atoms with van der Waals surface area (Å²) in [4.78, 5) is 115. The minimum Gasteiger partial charge on any atom is -0.756 e. The summed E-state index contributed by atoms with van der Waals surface area (Å²) in [5, 5.41) is 20.6. The number of carbonyl (C=O) groups is 7. The molecule has 5 N–H and O–H groups in total. The normalized spacial score (nSPS) is 13.9. The van der Waals surface area contributed by atoms with Gasteiger partial charge in [0.2, 0.25) is 23.6 Å². The maximum atomic E-state index is 13.2. The fourth-order valence-electron chi connectivity index (χ4n) is 10.9. The van der Waals surface area contributed by atoms with Crippen LogP contribution in [0, 0.1) is 0 Å².